The molecule has 0 saturated carbocycles. The number of carbonyl (C=O) groups is 2. The van der Waals surface area contributed by atoms with E-state index in [-0.39, 0.29) is 6.29 Å². The zero-order valence-corrected chi connectivity index (χ0v) is 6.12. The van der Waals surface area contributed by atoms with E-state index in [1.54, 1.807) is 0 Å². The lowest BCUT2D eigenvalue weighted by atomic mass is 10.1. The molecule has 0 aliphatic carbocycles. The molecule has 3 atom stereocenters. The topological polar surface area (TPSA) is 115 Å². The van der Waals surface area contributed by atoms with E-state index >= 15 is 0 Å². The van der Waals surface area contributed by atoms with Crippen molar-refractivity contribution in [1.82, 2.24) is 0 Å². The summed E-state index contributed by atoms with van der Waals surface area (Å²) in [5.41, 5.74) is 0. The average Bonchev–Trinajstić information content (AvgIpc) is 2.12. The number of Topliss-reactive ketones (excluding diaryl/α,β-unsaturated/α-hetero) is 1. The number of carbonyl (C=O) groups excluding carboxylic acids is 2. The third-order valence-corrected chi connectivity index (χ3v) is 1.30. The quantitative estimate of drug-likeness (QED) is 0.330. The van der Waals surface area contributed by atoms with Gasteiger partial charge in [-0.3, -0.25) is 4.79 Å². The average molecular weight is 178 g/mol. The zero-order chi connectivity index (χ0) is 9.72. The number of hydrogen-bond donors (Lipinski definition) is 4. The molecule has 0 rings (SSSR count). The van der Waals surface area contributed by atoms with Gasteiger partial charge in [-0.15, -0.1) is 0 Å². The van der Waals surface area contributed by atoms with Crippen LogP contribution in [0.15, 0.2) is 0 Å². The van der Waals surface area contributed by atoms with Crippen LogP contribution in [0, 0.1) is 0 Å². The number of aliphatic hydroxyl groups excluding tert-OH is 4. The Bertz CT molecular complexity index is 167. The van der Waals surface area contributed by atoms with Crippen molar-refractivity contribution in [3.8, 4) is 0 Å². The van der Waals surface area contributed by atoms with E-state index in [4.69, 9.17) is 20.4 Å². The molecular formula is C6H10O6. The maximum atomic E-state index is 10.5. The van der Waals surface area contributed by atoms with Gasteiger partial charge in [0.15, 0.2) is 12.1 Å². The lowest BCUT2D eigenvalue weighted by Gasteiger charge is -2.16. The summed E-state index contributed by atoms with van der Waals surface area (Å²) in [4.78, 5) is 20.4. The Kier molecular flexibility index (Phi) is 4.60. The van der Waals surface area contributed by atoms with E-state index in [0.29, 0.717) is 0 Å². The first-order valence-corrected chi connectivity index (χ1v) is 3.17. The van der Waals surface area contributed by atoms with Crippen molar-refractivity contribution < 1.29 is 30.0 Å². The van der Waals surface area contributed by atoms with Crippen LogP contribution in [0.5, 0.6) is 0 Å². The Hall–Kier alpha value is -0.820. The fraction of sp³-hybridized carbons (Fsp3) is 0.667. The molecule has 0 saturated heterocycles. The molecule has 0 aromatic heterocycles. The lowest BCUT2D eigenvalue weighted by Crippen LogP contribution is -2.43. The summed E-state index contributed by atoms with van der Waals surface area (Å²) in [6.07, 6.45) is -5.66. The summed E-state index contributed by atoms with van der Waals surface area (Å²) in [7, 11) is 0. The molecule has 0 radical (unpaired) electrons. The van der Waals surface area contributed by atoms with Gasteiger partial charge in [0.25, 0.3) is 0 Å². The minimum atomic E-state index is -1.94. The highest BCUT2D eigenvalue weighted by Crippen LogP contribution is 1.99. The monoisotopic (exact) mass is 178 g/mol. The molecule has 0 unspecified atom stereocenters. The largest absolute Gasteiger partial charge is 0.388 e. The van der Waals surface area contributed by atoms with Gasteiger partial charge in [-0.1, -0.05) is 0 Å². The van der Waals surface area contributed by atoms with Gasteiger partial charge in [0.05, 0.1) is 0 Å². The van der Waals surface area contributed by atoms with Crippen LogP contribution in [0.2, 0.25) is 0 Å². The fourth-order valence-corrected chi connectivity index (χ4v) is 0.551. The Morgan fingerprint density at radius 1 is 1.33 bits per heavy atom. The molecule has 0 aromatic rings. The number of hydrogen-bond acceptors (Lipinski definition) is 6. The van der Waals surface area contributed by atoms with Gasteiger partial charge >= 0.3 is 0 Å². The van der Waals surface area contributed by atoms with Gasteiger partial charge in [-0.05, 0) is 0 Å². The van der Waals surface area contributed by atoms with Crippen molar-refractivity contribution in [3.63, 3.8) is 0 Å². The SMILES string of the molecule is O=C[C@@H](O)[C@H](O)[C@H](O)C(=O)CO. The first-order chi connectivity index (χ1) is 5.54. The molecule has 0 aliphatic rings. The summed E-state index contributed by atoms with van der Waals surface area (Å²) in [5.74, 6) is -1.05. The van der Waals surface area contributed by atoms with E-state index in [9.17, 15) is 9.59 Å². The standard InChI is InChI=1S/C6H10O6/c7-1-3(9)5(11)6(12)4(10)2-8/h1,3,5-6,8-9,11-12H,2H2/t3-,5+,6-/m1/s1. The van der Waals surface area contributed by atoms with Gasteiger partial charge in [0, 0.05) is 0 Å². The molecular weight excluding hydrogens is 168 g/mol. The Labute approximate surface area is 68.1 Å². The number of rotatable bonds is 5. The summed E-state index contributed by atoms with van der Waals surface area (Å²) in [5, 5.41) is 34.5. The molecule has 0 aromatic carbocycles. The Balaban J connectivity index is 4.17. The van der Waals surface area contributed by atoms with Crippen LogP contribution in [-0.2, 0) is 9.59 Å². The zero-order valence-electron chi connectivity index (χ0n) is 6.12. The molecule has 4 N–H and O–H groups in total. The van der Waals surface area contributed by atoms with Crippen LogP contribution < -0.4 is 0 Å². The van der Waals surface area contributed by atoms with Crippen molar-refractivity contribution in [2.75, 3.05) is 6.61 Å². The smallest absolute Gasteiger partial charge is 0.189 e. The van der Waals surface area contributed by atoms with Gasteiger partial charge in [0.2, 0.25) is 0 Å². The minimum absolute atomic E-state index is 0.0153. The van der Waals surface area contributed by atoms with Crippen LogP contribution in [0.25, 0.3) is 0 Å². The minimum Gasteiger partial charge on any atom is -0.388 e. The van der Waals surface area contributed by atoms with E-state index < -0.39 is 30.7 Å². The van der Waals surface area contributed by atoms with Crippen LogP contribution in [0.3, 0.4) is 0 Å². The van der Waals surface area contributed by atoms with Gasteiger partial charge < -0.3 is 25.2 Å². The molecule has 0 spiro atoms. The van der Waals surface area contributed by atoms with Gasteiger partial charge in [-0.2, -0.15) is 0 Å². The van der Waals surface area contributed by atoms with Crippen molar-refractivity contribution >= 4 is 12.1 Å². The van der Waals surface area contributed by atoms with Crippen LogP contribution in [0.4, 0.5) is 0 Å². The predicted octanol–water partition coefficient (Wildman–Crippen LogP) is -3.17. The maximum absolute atomic E-state index is 10.5. The van der Waals surface area contributed by atoms with Crippen molar-refractivity contribution in [1.29, 1.82) is 0 Å². The van der Waals surface area contributed by atoms with Gasteiger partial charge in [0.1, 0.15) is 24.9 Å². The molecule has 0 bridgehead atoms. The van der Waals surface area contributed by atoms with E-state index in [2.05, 4.69) is 0 Å². The van der Waals surface area contributed by atoms with E-state index in [1.165, 1.54) is 0 Å². The second kappa shape index (κ2) is 4.94. The lowest BCUT2D eigenvalue weighted by molar-refractivity contribution is -0.143. The first kappa shape index (κ1) is 11.2. The van der Waals surface area contributed by atoms with E-state index in [0.717, 1.165) is 0 Å². The molecule has 0 amide bonds. The second-order valence-corrected chi connectivity index (χ2v) is 2.19. The predicted molar refractivity (Wildman–Crippen MR) is 36.2 cm³/mol. The maximum Gasteiger partial charge on any atom is 0.189 e. The van der Waals surface area contributed by atoms with Crippen LogP contribution in [0.1, 0.15) is 0 Å². The number of aliphatic hydroxyl groups is 4. The highest BCUT2D eigenvalue weighted by molar-refractivity contribution is 5.84. The molecule has 6 heteroatoms. The molecule has 0 heterocycles. The summed E-state index contributed by atoms with van der Waals surface area (Å²) in [6, 6.07) is 0. The summed E-state index contributed by atoms with van der Waals surface area (Å²) < 4.78 is 0. The molecule has 12 heavy (non-hydrogen) atoms. The van der Waals surface area contributed by atoms with Crippen molar-refractivity contribution in [2.24, 2.45) is 0 Å². The third kappa shape index (κ3) is 2.67. The molecule has 6 nitrogen and oxygen atoms in total. The van der Waals surface area contributed by atoms with Crippen molar-refractivity contribution in [2.45, 2.75) is 18.3 Å². The molecule has 0 aliphatic heterocycles. The van der Waals surface area contributed by atoms with E-state index in [1.807, 2.05) is 0 Å². The fourth-order valence-electron chi connectivity index (χ4n) is 0.551. The van der Waals surface area contributed by atoms with Crippen molar-refractivity contribution in [3.05, 3.63) is 0 Å². The highest BCUT2D eigenvalue weighted by atomic mass is 16.4. The number of ketones is 1. The first-order valence-electron chi connectivity index (χ1n) is 3.17. The third-order valence-electron chi connectivity index (χ3n) is 1.30. The molecule has 0 fully saturated rings. The molecule has 70 valence electrons. The second-order valence-electron chi connectivity index (χ2n) is 2.19. The van der Waals surface area contributed by atoms with Crippen LogP contribution >= 0.6 is 0 Å². The van der Waals surface area contributed by atoms with Crippen LogP contribution in [-0.4, -0.2) is 57.4 Å². The number of aldehydes is 1. The summed E-state index contributed by atoms with van der Waals surface area (Å²) in [6.45, 7) is -0.955. The normalized spacial score (nSPS) is 18.0. The highest BCUT2D eigenvalue weighted by Gasteiger charge is 2.29. The Morgan fingerprint density at radius 2 is 1.83 bits per heavy atom. The Morgan fingerprint density at radius 3 is 2.17 bits per heavy atom. The summed E-state index contributed by atoms with van der Waals surface area (Å²) >= 11 is 0. The van der Waals surface area contributed by atoms with Gasteiger partial charge in [-0.25, -0.2) is 0 Å².